The molecule has 0 aliphatic carbocycles. The lowest BCUT2D eigenvalue weighted by atomic mass is 10.1. The van der Waals surface area contributed by atoms with Gasteiger partial charge in [0.05, 0.1) is 0 Å². The summed E-state index contributed by atoms with van der Waals surface area (Å²) in [6.45, 7) is 1.08. The van der Waals surface area contributed by atoms with Gasteiger partial charge in [-0.25, -0.2) is 14.4 Å². The van der Waals surface area contributed by atoms with Gasteiger partial charge in [0.15, 0.2) is 0 Å². The van der Waals surface area contributed by atoms with Crippen LogP contribution in [0, 0.1) is 5.82 Å². The highest BCUT2D eigenvalue weighted by atomic mass is 35.5. The highest BCUT2D eigenvalue weighted by Crippen LogP contribution is 2.25. The summed E-state index contributed by atoms with van der Waals surface area (Å²) in [5.74, 6) is 0.109. The first-order valence-electron chi connectivity index (χ1n) is 5.42. The van der Waals surface area contributed by atoms with Gasteiger partial charge in [0, 0.05) is 41.6 Å². The minimum Gasteiger partial charge on any atom is -0.353 e. The molecule has 18 heavy (non-hydrogen) atoms. The van der Waals surface area contributed by atoms with Crippen LogP contribution in [-0.2, 0) is 0 Å². The van der Waals surface area contributed by atoms with Crippen LogP contribution in [0.15, 0.2) is 30.6 Å². The highest BCUT2D eigenvalue weighted by molar-refractivity contribution is 6.30. The normalized spacial score (nSPS) is 10.4. The minimum atomic E-state index is -0.356. The maximum Gasteiger partial charge on any atom is 0.222 e. The Morgan fingerprint density at radius 2 is 2.00 bits per heavy atom. The summed E-state index contributed by atoms with van der Waals surface area (Å²) in [6.07, 6.45) is 3.08. The summed E-state index contributed by atoms with van der Waals surface area (Å²) in [5, 5.41) is 3.40. The maximum absolute atomic E-state index is 13.6. The quantitative estimate of drug-likeness (QED) is 0.891. The van der Waals surface area contributed by atoms with E-state index in [0.29, 0.717) is 35.2 Å². The van der Waals surface area contributed by atoms with Gasteiger partial charge >= 0.3 is 0 Å². The van der Waals surface area contributed by atoms with E-state index in [0.717, 1.165) is 0 Å². The summed E-state index contributed by atoms with van der Waals surface area (Å²) in [4.78, 5) is 8.15. The van der Waals surface area contributed by atoms with Gasteiger partial charge in [-0.1, -0.05) is 11.6 Å². The zero-order valence-corrected chi connectivity index (χ0v) is 10.3. The zero-order valence-electron chi connectivity index (χ0n) is 9.53. The Morgan fingerprint density at radius 1 is 1.28 bits per heavy atom. The molecule has 0 aliphatic heterocycles. The third-order valence-electron chi connectivity index (χ3n) is 2.32. The predicted octanol–water partition coefficient (Wildman–Crippen LogP) is 2.31. The molecule has 0 amide bonds. The molecule has 0 unspecified atom stereocenters. The summed E-state index contributed by atoms with van der Waals surface area (Å²) < 4.78 is 13.6. The van der Waals surface area contributed by atoms with Gasteiger partial charge in [0.1, 0.15) is 5.82 Å². The lowest BCUT2D eigenvalue weighted by molar-refractivity contribution is 0.631. The fraction of sp³-hybridized carbons (Fsp3) is 0.167. The van der Waals surface area contributed by atoms with Crippen LogP contribution in [0.1, 0.15) is 0 Å². The molecule has 1 aromatic heterocycles. The van der Waals surface area contributed by atoms with E-state index >= 15 is 0 Å². The van der Waals surface area contributed by atoms with Crippen molar-refractivity contribution in [3.63, 3.8) is 0 Å². The molecule has 2 rings (SSSR count). The van der Waals surface area contributed by atoms with Gasteiger partial charge < -0.3 is 11.1 Å². The number of aromatic nitrogens is 2. The van der Waals surface area contributed by atoms with Crippen molar-refractivity contribution in [3.8, 4) is 11.1 Å². The fourth-order valence-electron chi connectivity index (χ4n) is 1.46. The molecule has 4 nitrogen and oxygen atoms in total. The minimum absolute atomic E-state index is 0.356. The van der Waals surface area contributed by atoms with Crippen LogP contribution in [0.5, 0.6) is 0 Å². The van der Waals surface area contributed by atoms with Crippen LogP contribution in [0.4, 0.5) is 10.3 Å². The van der Waals surface area contributed by atoms with E-state index in [1.54, 1.807) is 18.5 Å². The van der Waals surface area contributed by atoms with Crippen LogP contribution in [0.2, 0.25) is 5.02 Å². The van der Waals surface area contributed by atoms with Gasteiger partial charge in [-0.15, -0.1) is 0 Å². The molecule has 0 atom stereocenters. The van der Waals surface area contributed by atoms with Crippen molar-refractivity contribution in [3.05, 3.63) is 41.4 Å². The molecule has 94 valence electrons. The second-order valence-electron chi connectivity index (χ2n) is 3.63. The van der Waals surface area contributed by atoms with E-state index in [-0.39, 0.29) is 5.82 Å². The monoisotopic (exact) mass is 266 g/mol. The Balaban J connectivity index is 2.25. The number of rotatable bonds is 4. The zero-order chi connectivity index (χ0) is 13.0. The third kappa shape index (κ3) is 2.94. The maximum atomic E-state index is 13.6. The Hall–Kier alpha value is -1.72. The Morgan fingerprint density at radius 3 is 2.67 bits per heavy atom. The largest absolute Gasteiger partial charge is 0.353 e. The number of benzene rings is 1. The summed E-state index contributed by atoms with van der Waals surface area (Å²) >= 11 is 5.83. The molecule has 0 saturated heterocycles. The van der Waals surface area contributed by atoms with Crippen LogP contribution in [0.25, 0.3) is 11.1 Å². The molecule has 0 saturated carbocycles. The smallest absolute Gasteiger partial charge is 0.222 e. The first kappa shape index (κ1) is 12.7. The van der Waals surface area contributed by atoms with E-state index in [2.05, 4.69) is 15.3 Å². The molecule has 0 aliphatic rings. The van der Waals surface area contributed by atoms with Crippen molar-refractivity contribution in [1.82, 2.24) is 9.97 Å². The summed E-state index contributed by atoms with van der Waals surface area (Å²) in [6, 6.07) is 4.36. The first-order valence-corrected chi connectivity index (χ1v) is 5.80. The molecule has 1 heterocycles. The molecule has 1 aromatic carbocycles. The number of nitrogens with zero attached hydrogens (tertiary/aromatic N) is 2. The molecular formula is C12H12ClFN4. The van der Waals surface area contributed by atoms with Gasteiger partial charge in [-0.2, -0.15) is 0 Å². The van der Waals surface area contributed by atoms with Crippen LogP contribution < -0.4 is 11.1 Å². The van der Waals surface area contributed by atoms with Crippen LogP contribution in [0.3, 0.4) is 0 Å². The Labute approximate surface area is 109 Å². The number of nitrogens with one attached hydrogen (secondary N) is 1. The summed E-state index contributed by atoms with van der Waals surface area (Å²) in [7, 11) is 0. The fourth-order valence-corrected chi connectivity index (χ4v) is 1.63. The van der Waals surface area contributed by atoms with Crippen molar-refractivity contribution in [2.75, 3.05) is 18.4 Å². The molecule has 3 N–H and O–H groups in total. The van der Waals surface area contributed by atoms with E-state index in [9.17, 15) is 4.39 Å². The summed E-state index contributed by atoms with van der Waals surface area (Å²) in [5.41, 5.74) is 6.31. The van der Waals surface area contributed by atoms with Gasteiger partial charge in [-0.3, -0.25) is 0 Å². The van der Waals surface area contributed by atoms with Crippen molar-refractivity contribution in [2.45, 2.75) is 0 Å². The lowest BCUT2D eigenvalue weighted by Gasteiger charge is -2.05. The van der Waals surface area contributed by atoms with E-state index in [1.807, 2.05) is 0 Å². The van der Waals surface area contributed by atoms with Crippen LogP contribution >= 0.6 is 11.6 Å². The molecule has 0 radical (unpaired) electrons. The number of halogens is 2. The first-order chi connectivity index (χ1) is 8.70. The number of nitrogens with two attached hydrogens (primary N) is 1. The molecule has 0 bridgehead atoms. The van der Waals surface area contributed by atoms with Gasteiger partial charge in [-0.05, 0) is 18.2 Å². The second kappa shape index (κ2) is 5.75. The molecular weight excluding hydrogens is 255 g/mol. The van der Waals surface area contributed by atoms with Crippen LogP contribution in [-0.4, -0.2) is 23.1 Å². The molecule has 2 aromatic rings. The van der Waals surface area contributed by atoms with Crippen molar-refractivity contribution in [1.29, 1.82) is 0 Å². The van der Waals surface area contributed by atoms with Crippen molar-refractivity contribution in [2.24, 2.45) is 5.73 Å². The average molecular weight is 267 g/mol. The Kier molecular flexibility index (Phi) is 4.07. The SMILES string of the molecule is NCCNc1ncc(-c2cc(Cl)ccc2F)cn1. The predicted molar refractivity (Wildman–Crippen MR) is 70.0 cm³/mol. The van der Waals surface area contributed by atoms with Gasteiger partial charge in [0.2, 0.25) is 5.95 Å². The second-order valence-corrected chi connectivity index (χ2v) is 4.07. The Bertz CT molecular complexity index is 530. The van der Waals surface area contributed by atoms with E-state index in [1.165, 1.54) is 12.1 Å². The lowest BCUT2D eigenvalue weighted by Crippen LogP contribution is -2.14. The topological polar surface area (TPSA) is 63.8 Å². The molecule has 0 fully saturated rings. The van der Waals surface area contributed by atoms with E-state index in [4.69, 9.17) is 17.3 Å². The highest BCUT2D eigenvalue weighted by Gasteiger charge is 2.07. The number of anilines is 1. The standard InChI is InChI=1S/C12H12ClFN4/c13-9-1-2-11(14)10(5-9)8-6-17-12(18-7-8)16-4-3-15/h1-2,5-7H,3-4,15H2,(H,16,17,18). The van der Waals surface area contributed by atoms with Gasteiger partial charge in [0.25, 0.3) is 0 Å². The van der Waals surface area contributed by atoms with E-state index < -0.39 is 0 Å². The number of hydrogen-bond donors (Lipinski definition) is 2. The molecule has 6 heteroatoms. The average Bonchev–Trinajstić information content (AvgIpc) is 2.40. The van der Waals surface area contributed by atoms with Crippen molar-refractivity contribution < 1.29 is 4.39 Å². The molecule has 0 spiro atoms. The third-order valence-corrected chi connectivity index (χ3v) is 2.55. The van der Waals surface area contributed by atoms with Crippen molar-refractivity contribution >= 4 is 17.5 Å². The number of hydrogen-bond acceptors (Lipinski definition) is 4.